The molecule has 1 aromatic carbocycles. The second-order valence-electron chi connectivity index (χ2n) is 7.06. The predicted molar refractivity (Wildman–Crippen MR) is 97.1 cm³/mol. The molecular weight excluding hydrogens is 308 g/mol. The van der Waals surface area contributed by atoms with E-state index in [0.29, 0.717) is 17.7 Å². The average molecular weight is 337 g/mol. The van der Waals surface area contributed by atoms with Crippen LogP contribution in [0.5, 0.6) is 0 Å². The van der Waals surface area contributed by atoms with Crippen LogP contribution in [0.1, 0.15) is 43.2 Å². The van der Waals surface area contributed by atoms with Gasteiger partial charge in [-0.1, -0.05) is 24.3 Å². The summed E-state index contributed by atoms with van der Waals surface area (Å²) in [5.41, 5.74) is 3.13. The van der Waals surface area contributed by atoms with Crippen molar-refractivity contribution in [1.82, 2.24) is 10.2 Å². The van der Waals surface area contributed by atoms with Crippen LogP contribution in [0.4, 0.5) is 0 Å². The van der Waals surface area contributed by atoms with Gasteiger partial charge in [-0.2, -0.15) is 0 Å². The predicted octanol–water partition coefficient (Wildman–Crippen LogP) is 3.34. The maximum atomic E-state index is 12.5. The van der Waals surface area contributed by atoms with Crippen molar-refractivity contribution in [2.24, 2.45) is 5.41 Å². The molecule has 3 rings (SSSR count). The molecule has 0 aliphatic carbocycles. The standard InChI is InChI=1S/C19H28N2O.ClH/c1-16-4-2-3-5-17(16)6-7-18(22)21-14-10-19(11-15-21)8-12-20-13-9-19;/h2-5,20H,6-15H2,1H3;1H. The van der Waals surface area contributed by atoms with Crippen LogP contribution in [0.25, 0.3) is 0 Å². The van der Waals surface area contributed by atoms with Crippen LogP contribution >= 0.6 is 12.4 Å². The number of nitrogens with zero attached hydrogens (tertiary/aromatic N) is 1. The summed E-state index contributed by atoms with van der Waals surface area (Å²) in [6, 6.07) is 8.39. The highest BCUT2D eigenvalue weighted by atomic mass is 35.5. The van der Waals surface area contributed by atoms with Gasteiger partial charge in [-0.3, -0.25) is 4.79 Å². The van der Waals surface area contributed by atoms with Crippen molar-refractivity contribution >= 4 is 18.3 Å². The molecule has 0 atom stereocenters. The zero-order valence-corrected chi connectivity index (χ0v) is 15.0. The monoisotopic (exact) mass is 336 g/mol. The molecule has 1 aromatic rings. The Hall–Kier alpha value is -1.06. The van der Waals surface area contributed by atoms with E-state index in [-0.39, 0.29) is 12.4 Å². The van der Waals surface area contributed by atoms with Crippen LogP contribution in [0.3, 0.4) is 0 Å². The quantitative estimate of drug-likeness (QED) is 0.918. The highest BCUT2D eigenvalue weighted by Gasteiger charge is 2.36. The molecular formula is C19H29ClN2O. The smallest absolute Gasteiger partial charge is 0.222 e. The molecule has 1 N–H and O–H groups in total. The minimum atomic E-state index is 0. The van der Waals surface area contributed by atoms with Gasteiger partial charge in [-0.15, -0.1) is 12.4 Å². The first-order chi connectivity index (χ1) is 10.7. The summed E-state index contributed by atoms with van der Waals surface area (Å²) in [4.78, 5) is 14.6. The lowest BCUT2D eigenvalue weighted by molar-refractivity contribution is -0.133. The third kappa shape index (κ3) is 4.48. The van der Waals surface area contributed by atoms with Gasteiger partial charge >= 0.3 is 0 Å². The molecule has 0 radical (unpaired) electrons. The van der Waals surface area contributed by atoms with Crippen LogP contribution < -0.4 is 5.32 Å². The molecule has 1 amide bonds. The van der Waals surface area contributed by atoms with Gasteiger partial charge in [0.2, 0.25) is 5.91 Å². The Morgan fingerprint density at radius 3 is 2.43 bits per heavy atom. The zero-order valence-electron chi connectivity index (χ0n) is 14.1. The fourth-order valence-corrected chi connectivity index (χ4v) is 3.98. The van der Waals surface area contributed by atoms with Gasteiger partial charge in [-0.25, -0.2) is 0 Å². The van der Waals surface area contributed by atoms with Crippen molar-refractivity contribution in [3.05, 3.63) is 35.4 Å². The molecule has 0 saturated carbocycles. The first-order valence-corrected chi connectivity index (χ1v) is 8.72. The van der Waals surface area contributed by atoms with Crippen LogP contribution in [-0.4, -0.2) is 37.0 Å². The van der Waals surface area contributed by atoms with Gasteiger partial charge in [0, 0.05) is 19.5 Å². The number of hydrogen-bond acceptors (Lipinski definition) is 2. The Bertz CT molecular complexity index is 516. The average Bonchev–Trinajstić information content (AvgIpc) is 2.55. The summed E-state index contributed by atoms with van der Waals surface area (Å²) in [5.74, 6) is 0.340. The van der Waals surface area contributed by atoms with E-state index < -0.39 is 0 Å². The van der Waals surface area contributed by atoms with E-state index in [9.17, 15) is 4.79 Å². The molecule has 23 heavy (non-hydrogen) atoms. The first-order valence-electron chi connectivity index (χ1n) is 8.72. The summed E-state index contributed by atoms with van der Waals surface area (Å²) in [6.45, 7) is 6.36. The van der Waals surface area contributed by atoms with Gasteiger partial charge in [-0.05, 0) is 68.7 Å². The topological polar surface area (TPSA) is 32.3 Å². The number of likely N-dealkylation sites (tertiary alicyclic amines) is 1. The van der Waals surface area contributed by atoms with Crippen molar-refractivity contribution in [1.29, 1.82) is 0 Å². The zero-order chi connectivity index (χ0) is 15.4. The number of nitrogens with one attached hydrogen (secondary N) is 1. The van der Waals surface area contributed by atoms with Gasteiger partial charge in [0.05, 0.1) is 0 Å². The summed E-state index contributed by atoms with van der Waals surface area (Å²) >= 11 is 0. The van der Waals surface area contributed by atoms with E-state index in [1.54, 1.807) is 0 Å². The maximum Gasteiger partial charge on any atom is 0.222 e. The van der Waals surface area contributed by atoms with Crippen molar-refractivity contribution < 1.29 is 4.79 Å². The molecule has 0 unspecified atom stereocenters. The van der Waals surface area contributed by atoms with Crippen LogP contribution in [0.15, 0.2) is 24.3 Å². The van der Waals surface area contributed by atoms with E-state index in [2.05, 4.69) is 41.4 Å². The number of carbonyl (C=O) groups is 1. The molecule has 2 aliphatic rings. The minimum absolute atomic E-state index is 0. The van der Waals surface area contributed by atoms with Gasteiger partial charge in [0.1, 0.15) is 0 Å². The van der Waals surface area contributed by atoms with E-state index in [1.165, 1.54) is 36.8 Å². The van der Waals surface area contributed by atoms with Crippen molar-refractivity contribution in [3.63, 3.8) is 0 Å². The molecule has 2 fully saturated rings. The molecule has 2 aliphatic heterocycles. The van der Waals surface area contributed by atoms with Gasteiger partial charge in [0.25, 0.3) is 0 Å². The molecule has 3 nitrogen and oxygen atoms in total. The van der Waals surface area contributed by atoms with E-state index in [1.807, 2.05) is 0 Å². The van der Waals surface area contributed by atoms with Crippen molar-refractivity contribution in [3.8, 4) is 0 Å². The van der Waals surface area contributed by atoms with Crippen LogP contribution in [0, 0.1) is 12.3 Å². The number of benzene rings is 1. The lowest BCUT2D eigenvalue weighted by Crippen LogP contribution is -2.47. The van der Waals surface area contributed by atoms with Crippen molar-refractivity contribution in [2.75, 3.05) is 26.2 Å². The third-order valence-electron chi connectivity index (χ3n) is 5.71. The van der Waals surface area contributed by atoms with E-state index >= 15 is 0 Å². The number of amides is 1. The van der Waals surface area contributed by atoms with E-state index in [4.69, 9.17) is 0 Å². The Balaban J connectivity index is 0.00000192. The Morgan fingerprint density at radius 1 is 1.13 bits per heavy atom. The van der Waals surface area contributed by atoms with Crippen molar-refractivity contribution in [2.45, 2.75) is 45.4 Å². The number of aryl methyl sites for hydroxylation is 2. The van der Waals surface area contributed by atoms with Gasteiger partial charge < -0.3 is 10.2 Å². The first kappa shape index (κ1) is 18.3. The molecule has 1 spiro atoms. The fraction of sp³-hybridized carbons (Fsp3) is 0.632. The van der Waals surface area contributed by atoms with Crippen LogP contribution in [0.2, 0.25) is 0 Å². The normalized spacial score (nSPS) is 20.1. The second-order valence-corrected chi connectivity index (χ2v) is 7.06. The molecule has 2 saturated heterocycles. The number of halogens is 1. The highest BCUT2D eigenvalue weighted by molar-refractivity contribution is 5.85. The van der Waals surface area contributed by atoms with Crippen LogP contribution in [-0.2, 0) is 11.2 Å². The Morgan fingerprint density at radius 2 is 1.78 bits per heavy atom. The number of rotatable bonds is 3. The lowest BCUT2D eigenvalue weighted by Gasteiger charge is -2.44. The fourth-order valence-electron chi connectivity index (χ4n) is 3.98. The second kappa shape index (κ2) is 8.16. The number of hydrogen-bond donors (Lipinski definition) is 1. The molecule has 2 heterocycles. The summed E-state index contributed by atoms with van der Waals surface area (Å²) in [5, 5.41) is 3.45. The summed E-state index contributed by atoms with van der Waals surface area (Å²) in [7, 11) is 0. The third-order valence-corrected chi connectivity index (χ3v) is 5.71. The lowest BCUT2D eigenvalue weighted by atomic mass is 9.71. The largest absolute Gasteiger partial charge is 0.343 e. The highest BCUT2D eigenvalue weighted by Crippen LogP contribution is 2.39. The van der Waals surface area contributed by atoms with Gasteiger partial charge in [0.15, 0.2) is 0 Å². The SMILES string of the molecule is Cc1ccccc1CCC(=O)N1CCC2(CCNCC2)CC1.Cl. The number of piperidine rings is 2. The molecule has 0 aromatic heterocycles. The minimum Gasteiger partial charge on any atom is -0.343 e. The summed E-state index contributed by atoms with van der Waals surface area (Å²) < 4.78 is 0. The Kier molecular flexibility index (Phi) is 6.49. The Labute approximate surface area is 146 Å². The van der Waals surface area contributed by atoms with E-state index in [0.717, 1.165) is 32.6 Å². The maximum absolute atomic E-state index is 12.5. The molecule has 0 bridgehead atoms. The number of carbonyl (C=O) groups excluding carboxylic acids is 1. The summed E-state index contributed by atoms with van der Waals surface area (Å²) in [6.07, 6.45) is 6.50. The molecule has 4 heteroatoms. The molecule has 128 valence electrons.